The van der Waals surface area contributed by atoms with Crippen LogP contribution < -0.4 is 5.32 Å². The summed E-state index contributed by atoms with van der Waals surface area (Å²) in [5.74, 6) is -0.0154. The first-order valence-electron chi connectivity index (χ1n) is 6.04. The minimum atomic E-state index is -4.32. The van der Waals surface area contributed by atoms with Crippen LogP contribution in [-0.2, 0) is 11.0 Å². The maximum absolute atomic E-state index is 12.5. The Morgan fingerprint density at radius 3 is 2.47 bits per heavy atom. The molecule has 0 aliphatic carbocycles. The first-order chi connectivity index (χ1) is 8.88. The van der Waals surface area contributed by atoms with Gasteiger partial charge in [-0.3, -0.25) is 4.79 Å². The zero-order valence-corrected chi connectivity index (χ0v) is 10.5. The van der Waals surface area contributed by atoms with E-state index in [1.807, 2.05) is 0 Å². The Labute approximate surface area is 109 Å². The van der Waals surface area contributed by atoms with Crippen LogP contribution in [0.2, 0.25) is 0 Å². The first kappa shape index (κ1) is 13.9. The summed E-state index contributed by atoms with van der Waals surface area (Å²) in [6.07, 6.45) is -4.32. The predicted molar refractivity (Wildman–Crippen MR) is 64.4 cm³/mol. The number of benzene rings is 1. The van der Waals surface area contributed by atoms with E-state index in [1.165, 1.54) is 19.1 Å². The molecule has 0 saturated carbocycles. The van der Waals surface area contributed by atoms with Crippen LogP contribution in [-0.4, -0.2) is 30.4 Å². The summed E-state index contributed by atoms with van der Waals surface area (Å²) in [5, 5.41) is 3.20. The summed E-state index contributed by atoms with van der Waals surface area (Å²) >= 11 is 0. The molecule has 0 unspecified atom stereocenters. The van der Waals surface area contributed by atoms with E-state index in [-0.39, 0.29) is 11.9 Å². The zero-order chi connectivity index (χ0) is 14.0. The fraction of sp³-hybridized carbons (Fsp3) is 0.462. The molecule has 1 amide bonds. The van der Waals surface area contributed by atoms with Gasteiger partial charge in [-0.1, -0.05) is 12.1 Å². The van der Waals surface area contributed by atoms with Gasteiger partial charge in [0.2, 0.25) is 5.91 Å². The number of halogens is 3. The van der Waals surface area contributed by atoms with Crippen LogP contribution >= 0.6 is 0 Å². The molecule has 1 N–H and O–H groups in total. The molecule has 1 atom stereocenters. The second kappa shape index (κ2) is 5.21. The van der Waals surface area contributed by atoms with E-state index in [9.17, 15) is 18.0 Å². The third-order valence-corrected chi connectivity index (χ3v) is 3.26. The van der Waals surface area contributed by atoms with Crippen LogP contribution in [0, 0.1) is 0 Å². The van der Waals surface area contributed by atoms with E-state index in [1.54, 1.807) is 4.90 Å². The average Bonchev–Trinajstić information content (AvgIpc) is 2.38. The number of alkyl halides is 3. The molecule has 3 nitrogen and oxygen atoms in total. The van der Waals surface area contributed by atoms with E-state index in [0.717, 1.165) is 17.7 Å². The Balaban J connectivity index is 2.12. The molecule has 1 heterocycles. The van der Waals surface area contributed by atoms with E-state index >= 15 is 0 Å². The molecule has 2 rings (SSSR count). The normalized spacial score (nSPS) is 20.4. The van der Waals surface area contributed by atoms with Crippen molar-refractivity contribution in [1.29, 1.82) is 0 Å². The number of hydrogen-bond acceptors (Lipinski definition) is 2. The molecule has 0 bridgehead atoms. The summed E-state index contributed by atoms with van der Waals surface area (Å²) in [7, 11) is 0. The molecule has 0 radical (unpaired) electrons. The highest BCUT2D eigenvalue weighted by Crippen LogP contribution is 2.30. The van der Waals surface area contributed by atoms with E-state index in [0.29, 0.717) is 19.6 Å². The summed E-state index contributed by atoms with van der Waals surface area (Å²) in [6, 6.07) is 4.96. The van der Waals surface area contributed by atoms with Gasteiger partial charge in [0.15, 0.2) is 0 Å². The number of rotatable bonds is 1. The lowest BCUT2D eigenvalue weighted by Crippen LogP contribution is -2.47. The molecule has 1 fully saturated rings. The lowest BCUT2D eigenvalue weighted by molar-refractivity contribution is -0.137. The molecule has 6 heteroatoms. The number of amides is 1. The Morgan fingerprint density at radius 1 is 1.32 bits per heavy atom. The second-order valence-corrected chi connectivity index (χ2v) is 4.59. The maximum Gasteiger partial charge on any atom is 0.416 e. The molecule has 1 saturated heterocycles. The lowest BCUT2D eigenvalue weighted by atomic mass is 10.0. The lowest BCUT2D eigenvalue weighted by Gasteiger charge is -2.33. The monoisotopic (exact) mass is 272 g/mol. The number of nitrogens with one attached hydrogen (secondary N) is 1. The predicted octanol–water partition coefficient (Wildman–Crippen LogP) is 2.20. The molecule has 0 spiro atoms. The van der Waals surface area contributed by atoms with Gasteiger partial charge in [-0.15, -0.1) is 0 Å². The van der Waals surface area contributed by atoms with Gasteiger partial charge in [-0.25, -0.2) is 0 Å². The van der Waals surface area contributed by atoms with Gasteiger partial charge >= 0.3 is 6.18 Å². The van der Waals surface area contributed by atoms with Crippen molar-refractivity contribution in [3.05, 3.63) is 35.4 Å². The fourth-order valence-corrected chi connectivity index (χ4v) is 2.16. The highest BCUT2D eigenvalue weighted by Gasteiger charge is 2.30. The van der Waals surface area contributed by atoms with Gasteiger partial charge in [0, 0.05) is 32.6 Å². The first-order valence-corrected chi connectivity index (χ1v) is 6.04. The van der Waals surface area contributed by atoms with Crippen molar-refractivity contribution in [3.63, 3.8) is 0 Å². The van der Waals surface area contributed by atoms with Crippen molar-refractivity contribution < 1.29 is 18.0 Å². The Morgan fingerprint density at radius 2 is 1.95 bits per heavy atom. The van der Waals surface area contributed by atoms with Crippen LogP contribution in [0.4, 0.5) is 13.2 Å². The van der Waals surface area contributed by atoms with Gasteiger partial charge in [0.1, 0.15) is 0 Å². The molecular weight excluding hydrogens is 257 g/mol. The largest absolute Gasteiger partial charge is 0.416 e. The third-order valence-electron chi connectivity index (χ3n) is 3.26. The molecular formula is C13H15F3N2O. The van der Waals surface area contributed by atoms with Crippen molar-refractivity contribution in [2.75, 3.05) is 19.6 Å². The van der Waals surface area contributed by atoms with Gasteiger partial charge < -0.3 is 10.2 Å². The van der Waals surface area contributed by atoms with Crippen LogP contribution in [0.25, 0.3) is 0 Å². The van der Waals surface area contributed by atoms with Crippen molar-refractivity contribution >= 4 is 5.91 Å². The molecule has 0 aromatic heterocycles. The topological polar surface area (TPSA) is 32.3 Å². The highest BCUT2D eigenvalue weighted by molar-refractivity contribution is 5.73. The quantitative estimate of drug-likeness (QED) is 0.850. The van der Waals surface area contributed by atoms with Gasteiger partial charge in [0.25, 0.3) is 0 Å². The minimum absolute atomic E-state index is 0.0154. The SMILES string of the molecule is CC(=O)N1CCN[C@@H](c2ccc(C(F)(F)F)cc2)C1. The number of carbonyl (C=O) groups is 1. The van der Waals surface area contributed by atoms with Crippen LogP contribution in [0.3, 0.4) is 0 Å². The molecule has 19 heavy (non-hydrogen) atoms. The standard InChI is InChI=1S/C13H15F3N2O/c1-9(19)18-7-6-17-12(8-18)10-2-4-11(5-3-10)13(14,15)16/h2-5,12,17H,6-8H2,1H3/t12-/m1/s1. The van der Waals surface area contributed by atoms with Crippen molar-refractivity contribution in [3.8, 4) is 0 Å². The van der Waals surface area contributed by atoms with E-state index in [2.05, 4.69) is 5.32 Å². The number of carbonyl (C=O) groups excluding carboxylic acids is 1. The molecule has 1 aromatic rings. The van der Waals surface area contributed by atoms with Crippen LogP contribution in [0.1, 0.15) is 24.1 Å². The number of nitrogens with zero attached hydrogens (tertiary/aromatic N) is 1. The van der Waals surface area contributed by atoms with Gasteiger partial charge in [-0.2, -0.15) is 13.2 Å². The second-order valence-electron chi connectivity index (χ2n) is 4.59. The van der Waals surface area contributed by atoms with Gasteiger partial charge in [0.05, 0.1) is 5.56 Å². The third kappa shape index (κ3) is 3.26. The Kier molecular flexibility index (Phi) is 3.80. The fourth-order valence-electron chi connectivity index (χ4n) is 2.16. The van der Waals surface area contributed by atoms with Crippen molar-refractivity contribution in [1.82, 2.24) is 10.2 Å². The van der Waals surface area contributed by atoms with Crippen LogP contribution in [0.5, 0.6) is 0 Å². The maximum atomic E-state index is 12.5. The summed E-state index contributed by atoms with van der Waals surface area (Å²) in [5.41, 5.74) is 0.106. The smallest absolute Gasteiger partial charge is 0.340 e. The van der Waals surface area contributed by atoms with Gasteiger partial charge in [-0.05, 0) is 17.7 Å². The summed E-state index contributed by atoms with van der Waals surface area (Å²) < 4.78 is 37.4. The zero-order valence-electron chi connectivity index (χ0n) is 10.5. The molecule has 1 aliphatic rings. The van der Waals surface area contributed by atoms with Crippen molar-refractivity contribution in [2.45, 2.75) is 19.1 Å². The Bertz CT molecular complexity index is 456. The molecule has 1 aromatic carbocycles. The van der Waals surface area contributed by atoms with E-state index in [4.69, 9.17) is 0 Å². The van der Waals surface area contributed by atoms with Crippen molar-refractivity contribution in [2.24, 2.45) is 0 Å². The number of hydrogen-bond donors (Lipinski definition) is 1. The Hall–Kier alpha value is -1.56. The molecule has 104 valence electrons. The summed E-state index contributed by atoms with van der Waals surface area (Å²) in [6.45, 7) is 3.26. The molecule has 1 aliphatic heterocycles. The van der Waals surface area contributed by atoms with E-state index < -0.39 is 11.7 Å². The number of piperazine rings is 1. The minimum Gasteiger partial charge on any atom is -0.340 e. The highest BCUT2D eigenvalue weighted by atomic mass is 19.4. The van der Waals surface area contributed by atoms with Crippen LogP contribution in [0.15, 0.2) is 24.3 Å². The average molecular weight is 272 g/mol. The summed E-state index contributed by atoms with van der Waals surface area (Å²) in [4.78, 5) is 13.0.